The molecule has 0 saturated heterocycles. The molecule has 3 fully saturated rings. The van der Waals surface area contributed by atoms with E-state index in [-0.39, 0.29) is 23.5 Å². The molecule has 0 bridgehead atoms. The van der Waals surface area contributed by atoms with E-state index in [0.29, 0.717) is 24.2 Å². The number of hydrogen-bond acceptors (Lipinski definition) is 4. The Kier molecular flexibility index (Phi) is 3.69. The lowest BCUT2D eigenvalue weighted by Gasteiger charge is -2.59. The number of aliphatic hydroxyl groups excluding tert-OH is 4. The molecule has 3 unspecified atom stereocenters. The molecule has 0 aromatic heterocycles. The van der Waals surface area contributed by atoms with Gasteiger partial charge in [0.05, 0.1) is 24.9 Å². The summed E-state index contributed by atoms with van der Waals surface area (Å²) >= 11 is 0. The molecule has 8 atom stereocenters. The third kappa shape index (κ3) is 2.05. The molecule has 4 N–H and O–H groups in total. The van der Waals surface area contributed by atoms with E-state index in [0.717, 1.165) is 38.5 Å². The van der Waals surface area contributed by atoms with Crippen molar-refractivity contribution in [3.05, 3.63) is 11.6 Å². The Labute approximate surface area is 138 Å². The van der Waals surface area contributed by atoms with E-state index in [4.69, 9.17) is 0 Å². The van der Waals surface area contributed by atoms with Crippen LogP contribution in [-0.2, 0) is 0 Å². The third-order valence-electron chi connectivity index (χ3n) is 8.11. The summed E-state index contributed by atoms with van der Waals surface area (Å²) in [7, 11) is 0. The minimum atomic E-state index is -0.789. The average Bonchev–Trinajstić information content (AvgIpc) is 2.84. The first kappa shape index (κ1) is 16.1. The van der Waals surface area contributed by atoms with Gasteiger partial charge in [-0.05, 0) is 68.1 Å². The maximum atomic E-state index is 10.5. The smallest absolute Gasteiger partial charge is 0.0983 e. The molecule has 4 aliphatic rings. The van der Waals surface area contributed by atoms with Crippen LogP contribution in [0.15, 0.2) is 11.6 Å². The highest BCUT2D eigenvalue weighted by Crippen LogP contribution is 2.65. The summed E-state index contributed by atoms with van der Waals surface area (Å²) in [5.74, 6) is 1.43. The molecule has 4 aliphatic carbocycles. The molecule has 0 spiro atoms. The normalized spacial score (nSPS) is 55.6. The molecule has 23 heavy (non-hydrogen) atoms. The van der Waals surface area contributed by atoms with Gasteiger partial charge in [-0.3, -0.25) is 0 Å². The second kappa shape index (κ2) is 5.29. The van der Waals surface area contributed by atoms with E-state index in [1.54, 1.807) is 0 Å². The van der Waals surface area contributed by atoms with E-state index in [9.17, 15) is 20.4 Å². The van der Waals surface area contributed by atoms with E-state index < -0.39 is 12.2 Å². The zero-order valence-corrected chi connectivity index (χ0v) is 14.0. The first-order valence-electron chi connectivity index (χ1n) is 9.28. The van der Waals surface area contributed by atoms with Crippen molar-refractivity contribution < 1.29 is 20.4 Å². The molecule has 0 aromatic carbocycles. The lowest BCUT2D eigenvalue weighted by molar-refractivity contribution is -0.110. The average molecular weight is 322 g/mol. The van der Waals surface area contributed by atoms with E-state index in [1.165, 1.54) is 5.57 Å². The highest BCUT2D eigenvalue weighted by molar-refractivity contribution is 5.28. The zero-order chi connectivity index (χ0) is 16.4. The van der Waals surface area contributed by atoms with Gasteiger partial charge in [-0.2, -0.15) is 0 Å². The standard InChI is InChI=1S/C19H30O4/c1-18-7-6-14-12(13(18)4-5-17(18)23)3-2-11-8-15(21)16(22)9-19(11,14)10-20/h8,12-17,20-23H,2-7,9-10H2,1H3/t12-,13-,14-,15?,16?,17?,18-,19+/m0/s1. The Morgan fingerprint density at radius 1 is 1.09 bits per heavy atom. The van der Waals surface area contributed by atoms with Gasteiger partial charge in [0.25, 0.3) is 0 Å². The lowest BCUT2D eigenvalue weighted by Crippen LogP contribution is -2.55. The zero-order valence-electron chi connectivity index (χ0n) is 14.0. The van der Waals surface area contributed by atoms with Crippen LogP contribution in [0.4, 0.5) is 0 Å². The van der Waals surface area contributed by atoms with Crippen LogP contribution in [0.1, 0.15) is 51.9 Å². The van der Waals surface area contributed by atoms with Crippen molar-refractivity contribution in [2.24, 2.45) is 28.6 Å². The van der Waals surface area contributed by atoms with Crippen LogP contribution in [0.25, 0.3) is 0 Å². The molecule has 4 nitrogen and oxygen atoms in total. The molecular weight excluding hydrogens is 292 g/mol. The highest BCUT2D eigenvalue weighted by atomic mass is 16.3. The van der Waals surface area contributed by atoms with Crippen LogP contribution >= 0.6 is 0 Å². The molecule has 0 amide bonds. The van der Waals surface area contributed by atoms with Crippen molar-refractivity contribution in [3.8, 4) is 0 Å². The first-order valence-corrected chi connectivity index (χ1v) is 9.28. The first-order chi connectivity index (χ1) is 10.9. The van der Waals surface area contributed by atoms with Gasteiger partial charge >= 0.3 is 0 Å². The SMILES string of the molecule is C[C@]12CC[C@H]3[C@@H](CCC4=CC(O)C(O)C[C@@]43CO)[C@@H]1CCC2O. The molecule has 4 heteroatoms. The minimum Gasteiger partial charge on any atom is -0.395 e. The second-order valence-electron chi connectivity index (χ2n) is 8.82. The van der Waals surface area contributed by atoms with Gasteiger partial charge in [0.1, 0.15) is 0 Å². The summed E-state index contributed by atoms with van der Waals surface area (Å²) in [5, 5.41) is 41.0. The molecular formula is C19H30O4. The molecule has 0 aromatic rings. The van der Waals surface area contributed by atoms with Gasteiger partial charge < -0.3 is 20.4 Å². The van der Waals surface area contributed by atoms with Crippen molar-refractivity contribution in [2.75, 3.05) is 6.61 Å². The third-order valence-corrected chi connectivity index (χ3v) is 8.11. The van der Waals surface area contributed by atoms with Crippen LogP contribution in [0, 0.1) is 28.6 Å². The Hall–Kier alpha value is -0.420. The fraction of sp³-hybridized carbons (Fsp3) is 0.895. The summed E-state index contributed by atoms with van der Waals surface area (Å²) in [6.07, 6.45) is 6.56. The molecule has 0 aliphatic heterocycles. The topological polar surface area (TPSA) is 80.9 Å². The van der Waals surface area contributed by atoms with Crippen molar-refractivity contribution in [2.45, 2.75) is 70.2 Å². The van der Waals surface area contributed by atoms with Gasteiger partial charge in [0, 0.05) is 5.41 Å². The van der Waals surface area contributed by atoms with Crippen molar-refractivity contribution in [3.63, 3.8) is 0 Å². The van der Waals surface area contributed by atoms with E-state index in [2.05, 4.69) is 6.92 Å². The van der Waals surface area contributed by atoms with Crippen LogP contribution in [0.3, 0.4) is 0 Å². The Morgan fingerprint density at radius 2 is 1.87 bits per heavy atom. The fourth-order valence-electron chi connectivity index (χ4n) is 6.78. The number of aliphatic hydroxyl groups is 4. The van der Waals surface area contributed by atoms with Crippen LogP contribution < -0.4 is 0 Å². The van der Waals surface area contributed by atoms with Gasteiger partial charge in [0.15, 0.2) is 0 Å². The quantitative estimate of drug-likeness (QED) is 0.553. The molecule has 0 heterocycles. The predicted molar refractivity (Wildman–Crippen MR) is 86.5 cm³/mol. The highest BCUT2D eigenvalue weighted by Gasteiger charge is 2.60. The Balaban J connectivity index is 1.71. The van der Waals surface area contributed by atoms with E-state index >= 15 is 0 Å². The second-order valence-corrected chi connectivity index (χ2v) is 8.82. The van der Waals surface area contributed by atoms with Gasteiger partial charge in [-0.25, -0.2) is 0 Å². The van der Waals surface area contributed by atoms with Crippen LogP contribution in [0.5, 0.6) is 0 Å². The van der Waals surface area contributed by atoms with Gasteiger partial charge in [-0.1, -0.05) is 18.6 Å². The summed E-state index contributed by atoms with van der Waals surface area (Å²) in [6.45, 7) is 2.32. The van der Waals surface area contributed by atoms with Crippen molar-refractivity contribution >= 4 is 0 Å². The molecule has 0 radical (unpaired) electrons. The number of fused-ring (bicyclic) bond motifs is 5. The molecule has 4 rings (SSSR count). The lowest BCUT2D eigenvalue weighted by atomic mass is 9.46. The summed E-state index contributed by atoms with van der Waals surface area (Å²) in [4.78, 5) is 0. The maximum Gasteiger partial charge on any atom is 0.0983 e. The Bertz CT molecular complexity index is 517. The Morgan fingerprint density at radius 3 is 2.61 bits per heavy atom. The summed E-state index contributed by atoms with van der Waals surface area (Å²) in [5.41, 5.74) is 0.851. The van der Waals surface area contributed by atoms with Crippen molar-refractivity contribution in [1.29, 1.82) is 0 Å². The van der Waals surface area contributed by atoms with Crippen molar-refractivity contribution in [1.82, 2.24) is 0 Å². The fourth-order valence-corrected chi connectivity index (χ4v) is 6.78. The summed E-state index contributed by atoms with van der Waals surface area (Å²) < 4.78 is 0. The molecule has 3 saturated carbocycles. The van der Waals surface area contributed by atoms with Crippen LogP contribution in [0.2, 0.25) is 0 Å². The summed E-state index contributed by atoms with van der Waals surface area (Å²) in [6, 6.07) is 0. The largest absolute Gasteiger partial charge is 0.395 e. The predicted octanol–water partition coefficient (Wildman–Crippen LogP) is 1.61. The monoisotopic (exact) mass is 322 g/mol. The van der Waals surface area contributed by atoms with E-state index in [1.807, 2.05) is 6.08 Å². The number of hydrogen-bond donors (Lipinski definition) is 4. The number of rotatable bonds is 1. The molecule has 130 valence electrons. The maximum absolute atomic E-state index is 10.5. The van der Waals surface area contributed by atoms with Crippen LogP contribution in [-0.4, -0.2) is 45.3 Å². The van der Waals surface area contributed by atoms with Gasteiger partial charge in [0.2, 0.25) is 0 Å². The minimum absolute atomic E-state index is 0.0336. The van der Waals surface area contributed by atoms with Gasteiger partial charge in [-0.15, -0.1) is 0 Å².